The molecule has 2 heterocycles. The first kappa shape index (κ1) is 12.3. The number of nitrogens with two attached hydrogens (primary N) is 1. The maximum atomic E-state index is 6.04. The number of ether oxygens (including phenoxy) is 1. The summed E-state index contributed by atoms with van der Waals surface area (Å²) < 4.78 is 5.64. The number of nitrogens with zero attached hydrogens (tertiary/aromatic N) is 1. The third kappa shape index (κ3) is 3.72. The monoisotopic (exact) mass is 226 g/mol. The Labute approximate surface area is 99.3 Å². The molecule has 0 amide bonds. The average Bonchev–Trinajstić information content (AvgIpc) is 2.69. The van der Waals surface area contributed by atoms with Crippen molar-refractivity contribution in [3.63, 3.8) is 0 Å². The lowest BCUT2D eigenvalue weighted by Gasteiger charge is -2.34. The van der Waals surface area contributed by atoms with Crippen LogP contribution in [0, 0.1) is 5.92 Å². The van der Waals surface area contributed by atoms with Crippen LogP contribution in [0.15, 0.2) is 0 Å². The van der Waals surface area contributed by atoms with E-state index >= 15 is 0 Å². The molecule has 94 valence electrons. The van der Waals surface area contributed by atoms with Gasteiger partial charge in [0.05, 0.1) is 6.10 Å². The zero-order valence-electron chi connectivity index (χ0n) is 10.5. The second kappa shape index (κ2) is 5.99. The highest BCUT2D eigenvalue weighted by atomic mass is 16.5. The largest absolute Gasteiger partial charge is 0.378 e. The lowest BCUT2D eigenvalue weighted by molar-refractivity contribution is 0.0944. The molecule has 0 aliphatic carbocycles. The summed E-state index contributed by atoms with van der Waals surface area (Å²) in [7, 11) is 0. The molecule has 2 aliphatic heterocycles. The van der Waals surface area contributed by atoms with Gasteiger partial charge >= 0.3 is 0 Å². The van der Waals surface area contributed by atoms with Crippen LogP contribution < -0.4 is 5.73 Å². The van der Waals surface area contributed by atoms with Crippen molar-refractivity contribution in [2.45, 2.75) is 51.2 Å². The second-order valence-electron chi connectivity index (χ2n) is 5.64. The summed E-state index contributed by atoms with van der Waals surface area (Å²) in [5, 5.41) is 0. The molecular formula is C13H26N2O. The fourth-order valence-corrected chi connectivity index (χ4v) is 3.11. The predicted molar refractivity (Wildman–Crippen MR) is 66.4 cm³/mol. The molecule has 0 saturated carbocycles. The summed E-state index contributed by atoms with van der Waals surface area (Å²) >= 11 is 0. The topological polar surface area (TPSA) is 38.5 Å². The Kier molecular flexibility index (Phi) is 4.62. The Bertz CT molecular complexity index is 194. The van der Waals surface area contributed by atoms with Crippen LogP contribution in [0.2, 0.25) is 0 Å². The molecule has 2 saturated heterocycles. The van der Waals surface area contributed by atoms with Crippen LogP contribution in [0.5, 0.6) is 0 Å². The van der Waals surface area contributed by atoms with Crippen molar-refractivity contribution in [2.24, 2.45) is 11.7 Å². The van der Waals surface area contributed by atoms with E-state index in [0.717, 1.165) is 19.1 Å². The second-order valence-corrected chi connectivity index (χ2v) is 5.64. The van der Waals surface area contributed by atoms with Crippen LogP contribution in [0.3, 0.4) is 0 Å². The van der Waals surface area contributed by atoms with Gasteiger partial charge in [-0.2, -0.15) is 0 Å². The Morgan fingerprint density at radius 3 is 2.94 bits per heavy atom. The highest BCUT2D eigenvalue weighted by Gasteiger charge is 2.22. The summed E-state index contributed by atoms with van der Waals surface area (Å²) in [5.74, 6) is 0.770. The lowest BCUT2D eigenvalue weighted by atomic mass is 9.96. The molecule has 3 atom stereocenters. The number of likely N-dealkylation sites (tertiary alicyclic amines) is 1. The van der Waals surface area contributed by atoms with Crippen molar-refractivity contribution in [3.8, 4) is 0 Å². The first-order chi connectivity index (χ1) is 7.74. The van der Waals surface area contributed by atoms with Crippen molar-refractivity contribution in [1.82, 2.24) is 4.90 Å². The summed E-state index contributed by atoms with van der Waals surface area (Å²) in [6, 6.07) is 0.395. The molecule has 3 nitrogen and oxygen atoms in total. The molecule has 2 aliphatic rings. The summed E-state index contributed by atoms with van der Waals surface area (Å²) in [6.07, 6.45) is 6.79. The van der Waals surface area contributed by atoms with E-state index in [1.165, 1.54) is 45.2 Å². The summed E-state index contributed by atoms with van der Waals surface area (Å²) in [6.45, 7) is 6.83. The molecule has 0 aromatic rings. The molecule has 16 heavy (non-hydrogen) atoms. The van der Waals surface area contributed by atoms with Crippen molar-refractivity contribution in [1.29, 1.82) is 0 Å². The van der Waals surface area contributed by atoms with E-state index in [4.69, 9.17) is 10.5 Å². The molecule has 0 bridgehead atoms. The zero-order chi connectivity index (χ0) is 11.4. The molecule has 0 radical (unpaired) electrons. The van der Waals surface area contributed by atoms with Crippen molar-refractivity contribution in [2.75, 3.05) is 26.2 Å². The van der Waals surface area contributed by atoms with Crippen molar-refractivity contribution >= 4 is 0 Å². The smallest absolute Gasteiger partial charge is 0.0576 e. The van der Waals surface area contributed by atoms with Gasteiger partial charge in [0.2, 0.25) is 0 Å². The molecule has 2 rings (SSSR count). The highest BCUT2D eigenvalue weighted by Crippen LogP contribution is 2.19. The molecule has 2 fully saturated rings. The number of hydrogen-bond donors (Lipinski definition) is 1. The maximum Gasteiger partial charge on any atom is 0.0576 e. The van der Waals surface area contributed by atoms with Gasteiger partial charge in [0, 0.05) is 25.7 Å². The molecule has 3 unspecified atom stereocenters. The quantitative estimate of drug-likeness (QED) is 0.791. The van der Waals surface area contributed by atoms with Gasteiger partial charge < -0.3 is 15.4 Å². The molecule has 3 heteroatoms. The lowest BCUT2D eigenvalue weighted by Crippen LogP contribution is -2.46. The SMILES string of the molecule is CC1CC(N)CN(CCCC2CCCO2)C1. The Morgan fingerprint density at radius 1 is 1.38 bits per heavy atom. The van der Waals surface area contributed by atoms with Gasteiger partial charge in [-0.1, -0.05) is 6.92 Å². The Hall–Kier alpha value is -0.120. The fraction of sp³-hybridized carbons (Fsp3) is 1.00. The van der Waals surface area contributed by atoms with Crippen molar-refractivity contribution in [3.05, 3.63) is 0 Å². The van der Waals surface area contributed by atoms with Gasteiger partial charge in [-0.05, 0) is 44.6 Å². The zero-order valence-corrected chi connectivity index (χ0v) is 10.5. The van der Waals surface area contributed by atoms with E-state index in [1.807, 2.05) is 0 Å². The van der Waals surface area contributed by atoms with Crippen LogP contribution in [-0.2, 0) is 4.74 Å². The highest BCUT2D eigenvalue weighted by molar-refractivity contribution is 4.79. The normalized spacial score (nSPS) is 36.8. The molecule has 0 spiro atoms. The average molecular weight is 226 g/mol. The van der Waals surface area contributed by atoms with Gasteiger partial charge in [0.15, 0.2) is 0 Å². The Morgan fingerprint density at radius 2 is 2.25 bits per heavy atom. The first-order valence-corrected chi connectivity index (χ1v) is 6.83. The van der Waals surface area contributed by atoms with Gasteiger partial charge in [-0.3, -0.25) is 0 Å². The van der Waals surface area contributed by atoms with Gasteiger partial charge in [-0.25, -0.2) is 0 Å². The number of piperidine rings is 1. The van der Waals surface area contributed by atoms with E-state index in [9.17, 15) is 0 Å². The van der Waals surface area contributed by atoms with E-state index < -0.39 is 0 Å². The summed E-state index contributed by atoms with van der Waals surface area (Å²) in [5.41, 5.74) is 6.04. The number of hydrogen-bond acceptors (Lipinski definition) is 3. The van der Waals surface area contributed by atoms with Crippen LogP contribution >= 0.6 is 0 Å². The molecule has 0 aromatic carbocycles. The molecule has 0 aromatic heterocycles. The van der Waals surface area contributed by atoms with E-state index in [2.05, 4.69) is 11.8 Å². The third-order valence-electron chi connectivity index (χ3n) is 3.79. The van der Waals surface area contributed by atoms with Crippen molar-refractivity contribution < 1.29 is 4.74 Å². The van der Waals surface area contributed by atoms with Crippen LogP contribution in [0.4, 0.5) is 0 Å². The Balaban J connectivity index is 1.61. The first-order valence-electron chi connectivity index (χ1n) is 6.83. The van der Waals surface area contributed by atoms with Crippen LogP contribution in [0.1, 0.15) is 39.0 Å². The van der Waals surface area contributed by atoms with Gasteiger partial charge in [0.25, 0.3) is 0 Å². The fourth-order valence-electron chi connectivity index (χ4n) is 3.11. The van der Waals surface area contributed by atoms with Gasteiger partial charge in [-0.15, -0.1) is 0 Å². The van der Waals surface area contributed by atoms with Gasteiger partial charge in [0.1, 0.15) is 0 Å². The standard InChI is InChI=1S/C13H26N2O/c1-11-8-12(14)10-15(9-11)6-2-4-13-5-3-7-16-13/h11-13H,2-10,14H2,1H3. The van der Waals surface area contributed by atoms with Crippen LogP contribution in [-0.4, -0.2) is 43.3 Å². The van der Waals surface area contributed by atoms with E-state index in [-0.39, 0.29) is 0 Å². The van der Waals surface area contributed by atoms with E-state index in [0.29, 0.717) is 12.1 Å². The molecule has 2 N–H and O–H groups in total. The minimum Gasteiger partial charge on any atom is -0.378 e. The van der Waals surface area contributed by atoms with E-state index in [1.54, 1.807) is 0 Å². The minimum atomic E-state index is 0.395. The third-order valence-corrected chi connectivity index (χ3v) is 3.79. The van der Waals surface area contributed by atoms with Crippen LogP contribution in [0.25, 0.3) is 0 Å². The predicted octanol–water partition coefficient (Wildman–Crippen LogP) is 1.61. The molecular weight excluding hydrogens is 200 g/mol. The maximum absolute atomic E-state index is 6.04. The number of rotatable bonds is 4. The minimum absolute atomic E-state index is 0.395. The summed E-state index contributed by atoms with van der Waals surface area (Å²) in [4.78, 5) is 2.54.